The lowest BCUT2D eigenvalue weighted by atomic mass is 10.2. The fraction of sp³-hybridized carbons (Fsp3) is 0.250. The lowest BCUT2D eigenvalue weighted by Gasteiger charge is -2.09. The Balaban J connectivity index is 1.44. The first kappa shape index (κ1) is 19.6. The minimum Gasteiger partial charge on any atom is -0.484 e. The van der Waals surface area contributed by atoms with Crippen molar-refractivity contribution in [2.75, 3.05) is 6.61 Å². The number of hydrazine groups is 1. The second-order valence-corrected chi connectivity index (χ2v) is 7.01. The SMILES string of the molecule is CCc1ccc(OCC(=O)NNC(=O)Cc2nc(-c3cccs3)oc2C)cc1. The minimum atomic E-state index is -0.455. The Hall–Kier alpha value is -3.13. The van der Waals surface area contributed by atoms with Gasteiger partial charge in [-0.1, -0.05) is 25.1 Å². The molecule has 0 aliphatic carbocycles. The molecule has 3 rings (SSSR count). The van der Waals surface area contributed by atoms with Crippen LogP contribution in [0.5, 0.6) is 5.75 Å². The number of aromatic nitrogens is 1. The van der Waals surface area contributed by atoms with Crippen molar-refractivity contribution < 1.29 is 18.7 Å². The van der Waals surface area contributed by atoms with E-state index in [2.05, 4.69) is 22.8 Å². The van der Waals surface area contributed by atoms with Crippen molar-refractivity contribution in [3.05, 3.63) is 58.8 Å². The molecule has 0 atom stereocenters. The summed E-state index contributed by atoms with van der Waals surface area (Å²) < 4.78 is 11.0. The normalized spacial score (nSPS) is 10.5. The number of hydrogen-bond acceptors (Lipinski definition) is 6. The summed E-state index contributed by atoms with van der Waals surface area (Å²) in [6, 6.07) is 11.3. The number of nitrogens with zero attached hydrogens (tertiary/aromatic N) is 1. The number of thiophene rings is 1. The number of carbonyl (C=O) groups excluding carboxylic acids is 2. The lowest BCUT2D eigenvalue weighted by molar-refractivity contribution is -0.129. The first-order valence-electron chi connectivity index (χ1n) is 8.84. The maximum absolute atomic E-state index is 12.1. The van der Waals surface area contributed by atoms with Gasteiger partial charge in [0.1, 0.15) is 11.5 Å². The van der Waals surface area contributed by atoms with E-state index < -0.39 is 11.8 Å². The average Bonchev–Trinajstić information content (AvgIpc) is 3.35. The van der Waals surface area contributed by atoms with Crippen LogP contribution in [0.4, 0.5) is 0 Å². The Bertz CT molecular complexity index is 933. The first-order chi connectivity index (χ1) is 13.5. The molecule has 2 N–H and O–H groups in total. The van der Waals surface area contributed by atoms with E-state index in [9.17, 15) is 9.59 Å². The fourth-order valence-electron chi connectivity index (χ4n) is 2.44. The molecule has 7 nitrogen and oxygen atoms in total. The van der Waals surface area contributed by atoms with Gasteiger partial charge in [0.25, 0.3) is 5.91 Å². The molecule has 2 aromatic heterocycles. The zero-order chi connectivity index (χ0) is 19.9. The maximum atomic E-state index is 12.1. The van der Waals surface area contributed by atoms with Gasteiger partial charge in [-0.15, -0.1) is 11.3 Å². The highest BCUT2D eigenvalue weighted by Crippen LogP contribution is 2.25. The van der Waals surface area contributed by atoms with Crippen LogP contribution in [0.1, 0.15) is 23.9 Å². The second-order valence-electron chi connectivity index (χ2n) is 6.06. The van der Waals surface area contributed by atoms with Crippen molar-refractivity contribution in [2.45, 2.75) is 26.7 Å². The van der Waals surface area contributed by atoms with Gasteiger partial charge >= 0.3 is 0 Å². The quantitative estimate of drug-likeness (QED) is 0.596. The van der Waals surface area contributed by atoms with Gasteiger partial charge < -0.3 is 9.15 Å². The minimum absolute atomic E-state index is 0.000323. The van der Waals surface area contributed by atoms with Gasteiger partial charge in [0.15, 0.2) is 6.61 Å². The first-order valence-corrected chi connectivity index (χ1v) is 9.72. The molecule has 0 fully saturated rings. The number of aryl methyl sites for hydroxylation is 2. The van der Waals surface area contributed by atoms with E-state index in [1.807, 2.05) is 41.8 Å². The molecule has 0 aliphatic heterocycles. The van der Waals surface area contributed by atoms with E-state index in [1.54, 1.807) is 6.92 Å². The Morgan fingerprint density at radius 1 is 1.14 bits per heavy atom. The highest BCUT2D eigenvalue weighted by molar-refractivity contribution is 7.13. The summed E-state index contributed by atoms with van der Waals surface area (Å²) in [6.07, 6.45) is 0.937. The van der Waals surface area contributed by atoms with Gasteiger partial charge in [0.05, 0.1) is 17.0 Å². The van der Waals surface area contributed by atoms with Crippen LogP contribution in [0.2, 0.25) is 0 Å². The summed E-state index contributed by atoms with van der Waals surface area (Å²) in [5, 5.41) is 1.93. The van der Waals surface area contributed by atoms with Gasteiger partial charge in [-0.05, 0) is 42.5 Å². The highest BCUT2D eigenvalue weighted by Gasteiger charge is 2.15. The van der Waals surface area contributed by atoms with Crippen LogP contribution in [-0.4, -0.2) is 23.4 Å². The second kappa shape index (κ2) is 9.18. The Morgan fingerprint density at radius 3 is 2.57 bits per heavy atom. The number of oxazole rings is 1. The summed E-state index contributed by atoms with van der Waals surface area (Å²) in [5.41, 5.74) is 6.41. The zero-order valence-electron chi connectivity index (χ0n) is 15.7. The third-order valence-electron chi connectivity index (χ3n) is 4.00. The molecule has 8 heteroatoms. The zero-order valence-corrected chi connectivity index (χ0v) is 16.5. The predicted octanol–water partition coefficient (Wildman–Crippen LogP) is 3.04. The number of ether oxygens (including phenoxy) is 1. The summed E-state index contributed by atoms with van der Waals surface area (Å²) in [5.74, 6) is 0.808. The van der Waals surface area contributed by atoms with Crippen molar-refractivity contribution in [3.8, 4) is 16.5 Å². The number of nitrogens with one attached hydrogen (secondary N) is 2. The number of rotatable bonds is 7. The molecular weight excluding hydrogens is 378 g/mol. The van der Waals surface area contributed by atoms with Crippen molar-refractivity contribution in [1.82, 2.24) is 15.8 Å². The number of carbonyl (C=O) groups is 2. The standard InChI is InChI=1S/C20H21N3O4S/c1-3-14-6-8-15(9-7-14)26-12-19(25)23-22-18(24)11-16-13(2)27-20(21-16)17-5-4-10-28-17/h4-10H,3,11-12H2,1-2H3,(H,22,24)(H,23,25). The number of hydrogen-bond donors (Lipinski definition) is 2. The monoisotopic (exact) mass is 399 g/mol. The van der Waals surface area contributed by atoms with Gasteiger partial charge in [-0.3, -0.25) is 20.4 Å². The molecule has 3 aromatic rings. The smallest absolute Gasteiger partial charge is 0.276 e. The highest BCUT2D eigenvalue weighted by atomic mass is 32.1. The molecule has 1 aromatic carbocycles. The van der Waals surface area contributed by atoms with E-state index in [-0.39, 0.29) is 13.0 Å². The van der Waals surface area contributed by atoms with Crippen molar-refractivity contribution in [1.29, 1.82) is 0 Å². The molecule has 0 bridgehead atoms. The Labute approximate surface area is 166 Å². The molecule has 146 valence electrons. The van der Waals surface area contributed by atoms with Gasteiger partial charge in [0.2, 0.25) is 11.8 Å². The van der Waals surface area contributed by atoms with Gasteiger partial charge in [-0.2, -0.15) is 0 Å². The van der Waals surface area contributed by atoms with E-state index in [1.165, 1.54) is 16.9 Å². The molecule has 0 spiro atoms. The molecule has 0 saturated heterocycles. The molecule has 2 heterocycles. The molecule has 0 aliphatic rings. The third kappa shape index (κ3) is 5.20. The van der Waals surface area contributed by atoms with Crippen molar-refractivity contribution in [2.24, 2.45) is 0 Å². The molecule has 0 unspecified atom stereocenters. The van der Waals surface area contributed by atoms with Gasteiger partial charge in [0, 0.05) is 0 Å². The maximum Gasteiger partial charge on any atom is 0.276 e. The lowest BCUT2D eigenvalue weighted by Crippen LogP contribution is -2.44. The van der Waals surface area contributed by atoms with Crippen LogP contribution in [0, 0.1) is 6.92 Å². The third-order valence-corrected chi connectivity index (χ3v) is 4.85. The summed E-state index contributed by atoms with van der Waals surface area (Å²) in [7, 11) is 0. The predicted molar refractivity (Wildman–Crippen MR) is 106 cm³/mol. The van der Waals surface area contributed by atoms with Crippen LogP contribution in [0.15, 0.2) is 46.2 Å². The molecule has 2 amide bonds. The summed E-state index contributed by atoms with van der Waals surface area (Å²) >= 11 is 1.51. The van der Waals surface area contributed by atoms with Crippen LogP contribution >= 0.6 is 11.3 Å². The summed E-state index contributed by atoms with van der Waals surface area (Å²) in [4.78, 5) is 29.2. The van der Waals surface area contributed by atoms with E-state index in [0.717, 1.165) is 11.3 Å². The van der Waals surface area contributed by atoms with Gasteiger partial charge in [-0.25, -0.2) is 4.98 Å². The van der Waals surface area contributed by atoms with E-state index >= 15 is 0 Å². The number of amides is 2. The van der Waals surface area contributed by atoms with Crippen molar-refractivity contribution >= 4 is 23.2 Å². The van der Waals surface area contributed by atoms with E-state index in [4.69, 9.17) is 9.15 Å². The summed E-state index contributed by atoms with van der Waals surface area (Å²) in [6.45, 7) is 3.62. The average molecular weight is 399 g/mol. The Kier molecular flexibility index (Phi) is 6.44. The number of benzene rings is 1. The van der Waals surface area contributed by atoms with Crippen LogP contribution in [-0.2, 0) is 22.4 Å². The van der Waals surface area contributed by atoms with Crippen LogP contribution in [0.3, 0.4) is 0 Å². The molecule has 0 saturated carbocycles. The largest absolute Gasteiger partial charge is 0.484 e. The van der Waals surface area contributed by atoms with E-state index in [0.29, 0.717) is 23.1 Å². The molecule has 0 radical (unpaired) electrons. The molecule has 28 heavy (non-hydrogen) atoms. The topological polar surface area (TPSA) is 93.5 Å². The van der Waals surface area contributed by atoms with Crippen LogP contribution in [0.25, 0.3) is 10.8 Å². The van der Waals surface area contributed by atoms with Crippen LogP contribution < -0.4 is 15.6 Å². The fourth-order valence-corrected chi connectivity index (χ4v) is 3.09. The molecular formula is C20H21N3O4S. The Morgan fingerprint density at radius 2 is 1.89 bits per heavy atom. The van der Waals surface area contributed by atoms with Crippen molar-refractivity contribution in [3.63, 3.8) is 0 Å².